The van der Waals surface area contributed by atoms with Crippen LogP contribution in [0.4, 0.5) is 0 Å². The Morgan fingerprint density at radius 1 is 0.806 bits per heavy atom. The van der Waals surface area contributed by atoms with E-state index < -0.39 is 46.7 Å². The normalized spacial score (nSPS) is 17.1. The Labute approximate surface area is 209 Å². The van der Waals surface area contributed by atoms with Crippen molar-refractivity contribution in [2.45, 2.75) is 41.5 Å². The van der Waals surface area contributed by atoms with Gasteiger partial charge in [-0.3, -0.25) is 19.2 Å². The zero-order valence-electron chi connectivity index (χ0n) is 21.4. The summed E-state index contributed by atoms with van der Waals surface area (Å²) in [7, 11) is 0. The van der Waals surface area contributed by atoms with E-state index in [1.165, 1.54) is 32.6 Å². The molecular formula is C26H31NO9. The first-order valence-electron chi connectivity index (χ1n) is 11.9. The van der Waals surface area contributed by atoms with Crippen molar-refractivity contribution >= 4 is 41.0 Å². The molecule has 36 heavy (non-hydrogen) atoms. The molecule has 1 aliphatic heterocycles. The minimum Gasteiger partial charge on any atom is -0.465 e. The molecule has 1 atom stereocenters. The summed E-state index contributed by atoms with van der Waals surface area (Å²) in [6.45, 7) is 14.3. The van der Waals surface area contributed by atoms with E-state index in [2.05, 4.69) is 25.7 Å². The highest BCUT2D eigenvalue weighted by molar-refractivity contribution is 6.35. The topological polar surface area (TPSA) is 133 Å². The van der Waals surface area contributed by atoms with E-state index in [1.54, 1.807) is 6.92 Å². The first-order chi connectivity index (χ1) is 17.1. The summed E-state index contributed by atoms with van der Waals surface area (Å²) in [5.74, 6) is -7.13. The second-order valence-electron chi connectivity index (χ2n) is 7.85. The maximum Gasteiger partial charge on any atom is 0.345 e. The van der Waals surface area contributed by atoms with Gasteiger partial charge in [-0.15, -0.1) is 0 Å². The maximum atomic E-state index is 12.6. The van der Waals surface area contributed by atoms with Crippen molar-refractivity contribution in [3.05, 3.63) is 40.0 Å². The van der Waals surface area contributed by atoms with Crippen LogP contribution >= 0.6 is 0 Å². The Kier molecular flexibility index (Phi) is 9.80. The van der Waals surface area contributed by atoms with Gasteiger partial charge in [0, 0.05) is 16.7 Å². The molecule has 0 bridgehead atoms. The molecule has 0 aromatic heterocycles. The largest absolute Gasteiger partial charge is 0.465 e. The molecular weight excluding hydrogens is 470 g/mol. The second kappa shape index (κ2) is 12.3. The number of hydrogen-bond donors (Lipinski definition) is 0. The number of Topliss-reactive ketones (excluding diaryl/α,β-unsaturated/α-hetero) is 3. The molecule has 1 aromatic rings. The van der Waals surface area contributed by atoms with Crippen LogP contribution in [0.3, 0.4) is 0 Å². The van der Waals surface area contributed by atoms with Crippen molar-refractivity contribution in [3.8, 4) is 0 Å². The molecule has 1 aromatic carbocycles. The highest BCUT2D eigenvalue weighted by Crippen LogP contribution is 2.38. The quantitative estimate of drug-likeness (QED) is 0.172. The molecule has 1 aliphatic carbocycles. The molecule has 0 spiro atoms. The number of rotatable bonds is 8. The van der Waals surface area contributed by atoms with Crippen LogP contribution in [0.2, 0.25) is 0 Å². The van der Waals surface area contributed by atoms with Crippen LogP contribution in [0, 0.1) is 5.92 Å². The third-order valence-corrected chi connectivity index (χ3v) is 5.79. The van der Waals surface area contributed by atoms with Gasteiger partial charge in [0.15, 0.2) is 29.0 Å². The fourth-order valence-corrected chi connectivity index (χ4v) is 3.89. The van der Waals surface area contributed by atoms with Crippen molar-refractivity contribution in [3.63, 3.8) is 0 Å². The van der Waals surface area contributed by atoms with Gasteiger partial charge in [-0.25, -0.2) is 9.59 Å². The number of benzene rings is 1. The van der Waals surface area contributed by atoms with Crippen molar-refractivity contribution < 1.29 is 43.0 Å². The summed E-state index contributed by atoms with van der Waals surface area (Å²) in [5, 5.41) is 0. The molecule has 2 aliphatic rings. The first kappa shape index (κ1) is 28.6. The predicted molar refractivity (Wildman–Crippen MR) is 128 cm³/mol. The predicted octanol–water partition coefficient (Wildman–Crippen LogP) is 2.63. The number of ether oxygens (including phenoxy) is 3. The number of fused-ring (bicyclic) bond motifs is 2. The number of cyclic esters (lactones) is 1. The molecule has 10 heteroatoms. The molecule has 0 N–H and O–H groups in total. The van der Waals surface area contributed by atoms with Gasteiger partial charge in [-0.05, 0) is 52.5 Å². The standard InChI is InChI=1S/C20H16O9.C6H15N/c1-4-27-19(25)13(8(3)21)17-11-6-9-10(7-12(11)18(24)29-17)16(23)14(15(9)22)20(26)28-5-2;1-4-7(5-2)6-3/h6-7,14H,4-5H2,1-3H3;4-6H2,1-3H3. The summed E-state index contributed by atoms with van der Waals surface area (Å²) < 4.78 is 14.7. The summed E-state index contributed by atoms with van der Waals surface area (Å²) in [4.78, 5) is 76.0. The fraction of sp³-hybridized carbons (Fsp3) is 0.462. The monoisotopic (exact) mass is 501 g/mol. The van der Waals surface area contributed by atoms with Gasteiger partial charge >= 0.3 is 17.9 Å². The molecule has 0 saturated carbocycles. The zero-order chi connectivity index (χ0) is 27.2. The van der Waals surface area contributed by atoms with E-state index in [0.29, 0.717) is 0 Å². The highest BCUT2D eigenvalue weighted by atomic mass is 16.6. The van der Waals surface area contributed by atoms with Crippen molar-refractivity contribution in [1.29, 1.82) is 0 Å². The van der Waals surface area contributed by atoms with Crippen molar-refractivity contribution in [2.24, 2.45) is 5.92 Å². The Bertz CT molecular complexity index is 1120. The van der Waals surface area contributed by atoms with Gasteiger partial charge in [0.2, 0.25) is 0 Å². The Morgan fingerprint density at radius 2 is 1.31 bits per heavy atom. The number of carbonyl (C=O) groups excluding carboxylic acids is 6. The van der Waals surface area contributed by atoms with E-state index in [1.807, 2.05) is 0 Å². The molecule has 10 nitrogen and oxygen atoms in total. The molecule has 0 fully saturated rings. The Morgan fingerprint density at radius 3 is 1.72 bits per heavy atom. The third kappa shape index (κ3) is 5.59. The number of esters is 3. The molecule has 3 rings (SSSR count). The molecule has 0 amide bonds. The SMILES string of the molecule is CCN(CC)CC.CCOC(=O)C(C(C)=O)=C1OC(=O)c2cc3c(cc21)C(=O)C(C(=O)OCC)C3=O. The lowest BCUT2D eigenvalue weighted by atomic mass is 9.97. The van der Waals surface area contributed by atoms with E-state index >= 15 is 0 Å². The average molecular weight is 502 g/mol. The van der Waals surface area contributed by atoms with Crippen LogP contribution in [0.5, 0.6) is 0 Å². The van der Waals surface area contributed by atoms with E-state index in [4.69, 9.17) is 14.2 Å². The van der Waals surface area contributed by atoms with Crippen molar-refractivity contribution in [1.82, 2.24) is 4.90 Å². The van der Waals surface area contributed by atoms with Crippen LogP contribution < -0.4 is 0 Å². The minimum absolute atomic E-state index is 0.00216. The van der Waals surface area contributed by atoms with Gasteiger partial charge < -0.3 is 19.1 Å². The van der Waals surface area contributed by atoms with Gasteiger partial charge in [-0.1, -0.05) is 20.8 Å². The lowest BCUT2D eigenvalue weighted by Crippen LogP contribution is -2.27. The van der Waals surface area contributed by atoms with Gasteiger partial charge in [0.25, 0.3) is 0 Å². The fourth-order valence-electron chi connectivity index (χ4n) is 3.89. The van der Waals surface area contributed by atoms with Crippen LogP contribution in [0.1, 0.15) is 78.2 Å². The average Bonchev–Trinajstić information content (AvgIpc) is 3.27. The molecule has 1 heterocycles. The number of hydrogen-bond acceptors (Lipinski definition) is 10. The maximum absolute atomic E-state index is 12.6. The Hall–Kier alpha value is -3.66. The van der Waals surface area contributed by atoms with E-state index in [0.717, 1.165) is 13.0 Å². The third-order valence-electron chi connectivity index (χ3n) is 5.79. The first-order valence-corrected chi connectivity index (χ1v) is 11.9. The molecule has 0 saturated heterocycles. The summed E-state index contributed by atoms with van der Waals surface area (Å²) >= 11 is 0. The van der Waals surface area contributed by atoms with Gasteiger partial charge in [-0.2, -0.15) is 0 Å². The highest BCUT2D eigenvalue weighted by Gasteiger charge is 2.47. The van der Waals surface area contributed by atoms with E-state index in [-0.39, 0.29) is 41.2 Å². The lowest BCUT2D eigenvalue weighted by molar-refractivity contribution is -0.144. The molecule has 1 unspecified atom stereocenters. The van der Waals surface area contributed by atoms with Crippen LogP contribution in [0.25, 0.3) is 5.76 Å². The number of carbonyl (C=O) groups is 6. The van der Waals surface area contributed by atoms with Crippen LogP contribution in [0.15, 0.2) is 17.7 Å². The Balaban J connectivity index is 0.000000572. The second-order valence-corrected chi connectivity index (χ2v) is 7.85. The summed E-state index contributed by atoms with van der Waals surface area (Å²) in [6, 6.07) is 2.30. The minimum atomic E-state index is -1.65. The smallest absolute Gasteiger partial charge is 0.345 e. The van der Waals surface area contributed by atoms with Gasteiger partial charge in [0.1, 0.15) is 5.57 Å². The zero-order valence-corrected chi connectivity index (χ0v) is 21.4. The molecule has 194 valence electrons. The number of ketones is 3. The number of nitrogens with zero attached hydrogens (tertiary/aromatic N) is 1. The van der Waals surface area contributed by atoms with Crippen LogP contribution in [-0.2, 0) is 28.6 Å². The summed E-state index contributed by atoms with van der Waals surface area (Å²) in [6.07, 6.45) is 0. The van der Waals surface area contributed by atoms with Gasteiger partial charge in [0.05, 0.1) is 18.8 Å². The van der Waals surface area contributed by atoms with E-state index in [9.17, 15) is 28.8 Å². The molecule has 0 radical (unpaired) electrons. The van der Waals surface area contributed by atoms with Crippen LogP contribution in [-0.4, -0.2) is 73.0 Å². The van der Waals surface area contributed by atoms with Crippen molar-refractivity contribution in [2.75, 3.05) is 32.8 Å². The summed E-state index contributed by atoms with van der Waals surface area (Å²) in [5.41, 5.74) is -0.831. The lowest BCUT2D eigenvalue weighted by Gasteiger charge is -2.13.